The van der Waals surface area contributed by atoms with E-state index in [1.54, 1.807) is 17.2 Å². The van der Waals surface area contributed by atoms with E-state index in [-0.39, 0.29) is 11.3 Å². The number of likely N-dealkylation sites (tertiary alicyclic amines) is 2. The molecule has 7 heteroatoms. The van der Waals surface area contributed by atoms with Gasteiger partial charge in [-0.1, -0.05) is 6.07 Å². The van der Waals surface area contributed by atoms with Crippen LogP contribution in [0.1, 0.15) is 30.7 Å². The third kappa shape index (κ3) is 3.49. The van der Waals surface area contributed by atoms with Gasteiger partial charge in [-0.15, -0.1) is 0 Å². The molecule has 2 aliphatic heterocycles. The largest absolute Gasteiger partial charge is 0.348 e. The second-order valence-corrected chi connectivity index (χ2v) is 7.49. The molecule has 0 atom stereocenters. The van der Waals surface area contributed by atoms with E-state index < -0.39 is 11.6 Å². The molecule has 2 aliphatic rings. The van der Waals surface area contributed by atoms with E-state index in [1.807, 2.05) is 6.20 Å². The molecule has 0 unspecified atom stereocenters. The fourth-order valence-electron chi connectivity index (χ4n) is 4.10. The average Bonchev–Trinajstić information content (AvgIpc) is 3.22. The molecule has 1 amide bonds. The van der Waals surface area contributed by atoms with Crippen LogP contribution in [0.2, 0.25) is 0 Å². The van der Waals surface area contributed by atoms with Gasteiger partial charge in [-0.2, -0.15) is 0 Å². The topological polar surface area (TPSA) is 52.2 Å². The lowest BCUT2D eigenvalue weighted by atomic mass is 9.77. The number of carbonyl (C=O) groups excluding carboxylic acids is 1. The van der Waals surface area contributed by atoms with Crippen molar-refractivity contribution < 1.29 is 13.6 Å². The van der Waals surface area contributed by atoms with Crippen LogP contribution in [0.15, 0.2) is 30.6 Å². The van der Waals surface area contributed by atoms with E-state index in [2.05, 4.69) is 14.9 Å². The number of nitrogens with zero attached hydrogens (tertiary/aromatic N) is 3. The van der Waals surface area contributed by atoms with E-state index in [0.717, 1.165) is 44.4 Å². The summed E-state index contributed by atoms with van der Waals surface area (Å²) < 4.78 is 26.5. The third-order valence-corrected chi connectivity index (χ3v) is 5.61. The highest BCUT2D eigenvalue weighted by Crippen LogP contribution is 2.41. The van der Waals surface area contributed by atoms with Gasteiger partial charge in [-0.05, 0) is 49.0 Å². The summed E-state index contributed by atoms with van der Waals surface area (Å²) in [6.07, 6.45) is 6.06. The number of benzene rings is 1. The fraction of sp³-hybridized carbons (Fsp3) is 0.474. The highest BCUT2D eigenvalue weighted by Gasteiger charge is 2.44. The average molecular weight is 360 g/mol. The van der Waals surface area contributed by atoms with Gasteiger partial charge in [0.25, 0.3) is 0 Å². The molecule has 5 nitrogen and oxygen atoms in total. The fourth-order valence-corrected chi connectivity index (χ4v) is 4.10. The Labute approximate surface area is 151 Å². The highest BCUT2D eigenvalue weighted by molar-refractivity contribution is 5.79. The van der Waals surface area contributed by atoms with Crippen molar-refractivity contribution in [1.82, 2.24) is 19.8 Å². The number of nitrogens with one attached hydrogen (secondary N) is 1. The van der Waals surface area contributed by atoms with Gasteiger partial charge in [0, 0.05) is 31.9 Å². The van der Waals surface area contributed by atoms with Gasteiger partial charge in [-0.25, -0.2) is 13.8 Å². The van der Waals surface area contributed by atoms with Crippen molar-refractivity contribution >= 4 is 5.91 Å². The lowest BCUT2D eigenvalue weighted by Crippen LogP contribution is -2.41. The first kappa shape index (κ1) is 17.1. The monoisotopic (exact) mass is 360 g/mol. The Balaban J connectivity index is 1.36. The summed E-state index contributed by atoms with van der Waals surface area (Å²) in [5.74, 6) is -0.658. The normalized spacial score (nSPS) is 20.2. The number of H-pyrrole nitrogens is 1. The molecule has 0 radical (unpaired) electrons. The zero-order chi connectivity index (χ0) is 18.1. The number of carbonyl (C=O) groups is 1. The van der Waals surface area contributed by atoms with Gasteiger partial charge >= 0.3 is 0 Å². The molecule has 0 aliphatic carbocycles. The van der Waals surface area contributed by atoms with E-state index in [9.17, 15) is 13.6 Å². The van der Waals surface area contributed by atoms with Crippen LogP contribution < -0.4 is 0 Å². The van der Waals surface area contributed by atoms with E-state index in [1.165, 1.54) is 6.07 Å². The molecular formula is C19H22F2N4O. The summed E-state index contributed by atoms with van der Waals surface area (Å²) in [6, 6.07) is 3.84. The maximum absolute atomic E-state index is 13.4. The molecule has 2 fully saturated rings. The van der Waals surface area contributed by atoms with Crippen LogP contribution >= 0.6 is 0 Å². The number of hydrogen-bond acceptors (Lipinski definition) is 3. The molecule has 4 rings (SSSR count). The van der Waals surface area contributed by atoms with Gasteiger partial charge in [0.15, 0.2) is 11.6 Å². The number of halogens is 2. The quantitative estimate of drug-likeness (QED) is 0.912. The van der Waals surface area contributed by atoms with Crippen LogP contribution in [-0.2, 0) is 17.9 Å². The number of aromatic nitrogens is 2. The van der Waals surface area contributed by atoms with Gasteiger partial charge in [-0.3, -0.25) is 9.69 Å². The Morgan fingerprint density at radius 3 is 2.65 bits per heavy atom. The second kappa shape index (κ2) is 6.79. The Hall–Kier alpha value is -2.28. The Kier molecular flexibility index (Phi) is 4.48. The third-order valence-electron chi connectivity index (χ3n) is 5.61. The van der Waals surface area contributed by atoms with Crippen molar-refractivity contribution in [1.29, 1.82) is 0 Å². The summed E-state index contributed by atoms with van der Waals surface area (Å²) >= 11 is 0. The molecule has 1 aromatic heterocycles. The molecule has 1 spiro atoms. The molecule has 1 N–H and O–H groups in total. The van der Waals surface area contributed by atoms with Crippen LogP contribution in [0.25, 0.3) is 0 Å². The molecule has 3 heterocycles. The maximum atomic E-state index is 13.4. The first-order chi connectivity index (χ1) is 12.5. The smallest absolute Gasteiger partial charge is 0.223 e. The SMILES string of the molecule is O=C1CC2(CCN(Cc3ncc[nH]3)CC2)CN1Cc1ccc(F)c(F)c1. The van der Waals surface area contributed by atoms with Crippen LogP contribution in [0.3, 0.4) is 0 Å². The van der Waals surface area contributed by atoms with Crippen LogP contribution in [0.4, 0.5) is 8.78 Å². The van der Waals surface area contributed by atoms with Crippen molar-refractivity contribution in [3.05, 3.63) is 53.6 Å². The summed E-state index contributed by atoms with van der Waals surface area (Å²) in [6.45, 7) is 3.71. The minimum Gasteiger partial charge on any atom is -0.348 e. The summed E-state index contributed by atoms with van der Waals surface area (Å²) in [5.41, 5.74) is 0.638. The van der Waals surface area contributed by atoms with Crippen molar-refractivity contribution in [2.24, 2.45) is 5.41 Å². The molecule has 1 aromatic carbocycles. The standard InChI is InChI=1S/C19H22F2N4O/c20-15-2-1-14(9-16(15)21)11-25-13-19(10-18(25)26)3-7-24(8-4-19)12-17-22-5-6-23-17/h1-2,5-6,9H,3-4,7-8,10-13H2,(H,22,23). The molecule has 26 heavy (non-hydrogen) atoms. The van der Waals surface area contributed by atoms with Crippen molar-refractivity contribution in [3.8, 4) is 0 Å². The van der Waals surface area contributed by atoms with Crippen molar-refractivity contribution in [2.75, 3.05) is 19.6 Å². The van der Waals surface area contributed by atoms with Gasteiger partial charge in [0.2, 0.25) is 5.91 Å². The van der Waals surface area contributed by atoms with E-state index >= 15 is 0 Å². The number of imidazole rings is 1. The summed E-state index contributed by atoms with van der Waals surface area (Å²) in [5, 5.41) is 0. The number of aromatic amines is 1. The molecule has 138 valence electrons. The Bertz CT molecular complexity index is 785. The highest BCUT2D eigenvalue weighted by atomic mass is 19.2. The number of piperidine rings is 1. The molecule has 0 bridgehead atoms. The molecule has 2 saturated heterocycles. The van der Waals surface area contributed by atoms with Crippen LogP contribution in [0.5, 0.6) is 0 Å². The van der Waals surface area contributed by atoms with Gasteiger partial charge < -0.3 is 9.88 Å². The maximum Gasteiger partial charge on any atom is 0.223 e. The number of amides is 1. The van der Waals surface area contributed by atoms with Gasteiger partial charge in [0.1, 0.15) is 5.82 Å². The predicted molar refractivity (Wildman–Crippen MR) is 91.9 cm³/mol. The minimum atomic E-state index is -0.866. The van der Waals surface area contributed by atoms with Gasteiger partial charge in [0.05, 0.1) is 6.54 Å². The number of rotatable bonds is 4. The second-order valence-electron chi connectivity index (χ2n) is 7.49. The first-order valence-electron chi connectivity index (χ1n) is 8.95. The Morgan fingerprint density at radius 1 is 1.15 bits per heavy atom. The Morgan fingerprint density at radius 2 is 1.96 bits per heavy atom. The van der Waals surface area contributed by atoms with Crippen LogP contribution in [-0.4, -0.2) is 45.3 Å². The first-order valence-corrected chi connectivity index (χ1v) is 8.95. The van der Waals surface area contributed by atoms with Crippen molar-refractivity contribution in [3.63, 3.8) is 0 Å². The van der Waals surface area contributed by atoms with E-state index in [0.29, 0.717) is 25.1 Å². The predicted octanol–water partition coefficient (Wildman–Crippen LogP) is 2.70. The zero-order valence-corrected chi connectivity index (χ0v) is 14.5. The summed E-state index contributed by atoms with van der Waals surface area (Å²) in [4.78, 5) is 24.0. The minimum absolute atomic E-state index is 0.00925. The summed E-state index contributed by atoms with van der Waals surface area (Å²) in [7, 11) is 0. The lowest BCUT2D eigenvalue weighted by molar-refractivity contribution is -0.128. The lowest BCUT2D eigenvalue weighted by Gasteiger charge is -2.38. The molecule has 0 saturated carbocycles. The van der Waals surface area contributed by atoms with Crippen molar-refractivity contribution in [2.45, 2.75) is 32.4 Å². The van der Waals surface area contributed by atoms with E-state index in [4.69, 9.17) is 0 Å². The molecular weight excluding hydrogens is 338 g/mol. The van der Waals surface area contributed by atoms with Crippen LogP contribution in [0, 0.1) is 17.0 Å². The molecule has 2 aromatic rings. The number of hydrogen-bond donors (Lipinski definition) is 1. The zero-order valence-electron chi connectivity index (χ0n) is 14.5.